The Bertz CT molecular complexity index is 1760. The van der Waals surface area contributed by atoms with E-state index in [1.807, 2.05) is 24.3 Å². The number of benzene rings is 4. The van der Waals surface area contributed by atoms with Crippen molar-refractivity contribution in [2.45, 2.75) is 45.4 Å². The third-order valence-electron chi connectivity index (χ3n) is 8.90. The van der Waals surface area contributed by atoms with Crippen molar-refractivity contribution < 1.29 is 38.1 Å². The lowest BCUT2D eigenvalue weighted by Crippen LogP contribution is -2.41. The lowest BCUT2D eigenvalue weighted by atomic mass is 9.55. The van der Waals surface area contributed by atoms with Gasteiger partial charge in [-0.2, -0.15) is 0 Å². The number of carbonyl (C=O) groups is 4. The Morgan fingerprint density at radius 2 is 0.956 bits per heavy atom. The first-order valence-electron chi connectivity index (χ1n) is 14.9. The molecule has 0 saturated heterocycles. The van der Waals surface area contributed by atoms with Crippen LogP contribution in [0.1, 0.15) is 92.6 Å². The summed E-state index contributed by atoms with van der Waals surface area (Å²) in [4.78, 5) is 47.6. The van der Waals surface area contributed by atoms with Gasteiger partial charge in [-0.3, -0.25) is 0 Å². The van der Waals surface area contributed by atoms with Crippen molar-refractivity contribution in [3.05, 3.63) is 118 Å². The summed E-state index contributed by atoms with van der Waals surface area (Å²) in [6, 6.07) is 25.6. The molecule has 7 rings (SSSR count). The van der Waals surface area contributed by atoms with Crippen molar-refractivity contribution in [2.75, 3.05) is 0 Å². The van der Waals surface area contributed by atoms with Crippen molar-refractivity contribution in [3.8, 4) is 23.0 Å². The molecule has 1 unspecified atom stereocenters. The molecular weight excluding hydrogens is 572 g/mol. The lowest BCUT2D eigenvalue weighted by molar-refractivity contribution is 0.0425. The SMILES string of the molecule is CC1CC(C)(C)CC(c2ccc(Oc3ccc4c(c3)C(=O)OC4=O)cc2)(c2ccc(Oc3ccc4c(c3)C(=O)OC4=O)cc2)C1. The normalized spacial score (nSPS) is 19.4. The number of ether oxygens (including phenoxy) is 4. The van der Waals surface area contributed by atoms with E-state index in [9.17, 15) is 19.2 Å². The molecule has 4 aromatic rings. The molecule has 1 aliphatic carbocycles. The van der Waals surface area contributed by atoms with E-state index in [0.717, 1.165) is 19.3 Å². The van der Waals surface area contributed by atoms with Gasteiger partial charge < -0.3 is 18.9 Å². The van der Waals surface area contributed by atoms with Gasteiger partial charge in [0.1, 0.15) is 23.0 Å². The summed E-state index contributed by atoms with van der Waals surface area (Å²) in [5.74, 6) is -0.0373. The standard InChI is InChI=1S/C37H30O8/c1-21-18-36(2,3)20-37(19-21,22-4-8-24(9-5-22)42-26-12-14-28-30(16-26)34(40)44-32(28)38)23-6-10-25(11-7-23)43-27-13-15-29-31(17-27)35(41)45-33(29)39/h4-17,21H,18-20H2,1-3H3. The second kappa shape index (κ2) is 10.4. The molecule has 8 nitrogen and oxygen atoms in total. The molecule has 1 fully saturated rings. The fourth-order valence-corrected chi connectivity index (χ4v) is 7.39. The Labute approximate surface area is 259 Å². The van der Waals surface area contributed by atoms with Crippen molar-refractivity contribution in [1.82, 2.24) is 0 Å². The maximum absolute atomic E-state index is 12.0. The van der Waals surface area contributed by atoms with Crippen LogP contribution in [0.25, 0.3) is 0 Å². The highest BCUT2D eigenvalue weighted by molar-refractivity contribution is 6.15. The number of carbonyl (C=O) groups excluding carboxylic acids is 4. The average Bonchev–Trinajstić information content (AvgIpc) is 3.44. The van der Waals surface area contributed by atoms with E-state index in [1.54, 1.807) is 24.3 Å². The number of cyclic esters (lactones) is 4. The quantitative estimate of drug-likeness (QED) is 0.161. The Kier molecular flexibility index (Phi) is 6.62. The number of fused-ring (bicyclic) bond motifs is 2. The Morgan fingerprint density at radius 3 is 1.38 bits per heavy atom. The molecule has 0 radical (unpaired) electrons. The van der Waals surface area contributed by atoms with Crippen LogP contribution in [0.2, 0.25) is 0 Å². The summed E-state index contributed by atoms with van der Waals surface area (Å²) >= 11 is 0. The third-order valence-corrected chi connectivity index (χ3v) is 8.90. The second-order valence-corrected chi connectivity index (χ2v) is 13.0. The van der Waals surface area contributed by atoms with Crippen LogP contribution < -0.4 is 9.47 Å². The van der Waals surface area contributed by atoms with Gasteiger partial charge >= 0.3 is 23.9 Å². The molecule has 3 aliphatic rings. The van der Waals surface area contributed by atoms with E-state index in [0.29, 0.717) is 28.9 Å². The summed E-state index contributed by atoms with van der Waals surface area (Å²) in [5, 5.41) is 0. The molecule has 0 bridgehead atoms. The molecular formula is C37H30O8. The highest BCUT2D eigenvalue weighted by atomic mass is 16.6. The Hall–Kier alpha value is -5.24. The van der Waals surface area contributed by atoms with E-state index in [4.69, 9.17) is 9.47 Å². The summed E-state index contributed by atoms with van der Waals surface area (Å²) in [6.45, 7) is 6.94. The highest BCUT2D eigenvalue weighted by Gasteiger charge is 2.45. The van der Waals surface area contributed by atoms with Crippen LogP contribution in [0.15, 0.2) is 84.9 Å². The Balaban J connectivity index is 1.16. The molecule has 8 heteroatoms. The molecule has 0 N–H and O–H groups in total. The van der Waals surface area contributed by atoms with Gasteiger partial charge in [-0.15, -0.1) is 0 Å². The van der Waals surface area contributed by atoms with Crippen LogP contribution in [0, 0.1) is 11.3 Å². The molecule has 1 saturated carbocycles. The van der Waals surface area contributed by atoms with Crippen molar-refractivity contribution >= 4 is 23.9 Å². The fraction of sp³-hybridized carbons (Fsp3) is 0.243. The number of rotatable bonds is 6. The van der Waals surface area contributed by atoms with E-state index < -0.39 is 23.9 Å². The van der Waals surface area contributed by atoms with Gasteiger partial charge in [0.2, 0.25) is 0 Å². The average molecular weight is 603 g/mol. The lowest BCUT2D eigenvalue weighted by Gasteiger charge is -2.48. The number of hydrogen-bond donors (Lipinski definition) is 0. The van der Waals surface area contributed by atoms with E-state index in [-0.39, 0.29) is 33.1 Å². The zero-order valence-corrected chi connectivity index (χ0v) is 25.0. The summed E-state index contributed by atoms with van der Waals surface area (Å²) in [6.07, 6.45) is 3.05. The summed E-state index contributed by atoms with van der Waals surface area (Å²) < 4.78 is 21.5. The first-order chi connectivity index (χ1) is 21.5. The molecule has 4 aromatic carbocycles. The first-order valence-corrected chi connectivity index (χ1v) is 14.9. The van der Waals surface area contributed by atoms with Crippen molar-refractivity contribution in [1.29, 1.82) is 0 Å². The van der Waals surface area contributed by atoms with Crippen LogP contribution in [-0.2, 0) is 14.9 Å². The molecule has 45 heavy (non-hydrogen) atoms. The maximum atomic E-state index is 12.0. The zero-order chi connectivity index (χ0) is 31.5. The minimum Gasteiger partial charge on any atom is -0.457 e. The van der Waals surface area contributed by atoms with Crippen molar-refractivity contribution in [2.24, 2.45) is 11.3 Å². The predicted octanol–water partition coefficient (Wildman–Crippen LogP) is 8.02. The van der Waals surface area contributed by atoms with E-state index in [1.165, 1.54) is 23.3 Å². The molecule has 2 aliphatic heterocycles. The minimum absolute atomic E-state index is 0.106. The molecule has 2 heterocycles. The number of esters is 4. The van der Waals surface area contributed by atoms with Crippen LogP contribution >= 0.6 is 0 Å². The van der Waals surface area contributed by atoms with Gasteiger partial charge in [0, 0.05) is 5.41 Å². The fourth-order valence-electron chi connectivity index (χ4n) is 7.39. The van der Waals surface area contributed by atoms with Gasteiger partial charge in [-0.1, -0.05) is 45.0 Å². The van der Waals surface area contributed by atoms with Gasteiger partial charge in [0.05, 0.1) is 22.3 Å². The first kappa shape index (κ1) is 28.5. The van der Waals surface area contributed by atoms with Gasteiger partial charge in [0.25, 0.3) is 0 Å². The van der Waals surface area contributed by atoms with Crippen LogP contribution in [-0.4, -0.2) is 23.9 Å². The summed E-state index contributed by atoms with van der Waals surface area (Å²) in [7, 11) is 0. The maximum Gasteiger partial charge on any atom is 0.347 e. The topological polar surface area (TPSA) is 105 Å². The molecule has 0 amide bonds. The van der Waals surface area contributed by atoms with Gasteiger partial charge in [0.15, 0.2) is 0 Å². The monoisotopic (exact) mass is 602 g/mol. The van der Waals surface area contributed by atoms with Gasteiger partial charge in [-0.25, -0.2) is 19.2 Å². The molecule has 1 atom stereocenters. The molecule has 226 valence electrons. The van der Waals surface area contributed by atoms with Crippen molar-refractivity contribution in [3.63, 3.8) is 0 Å². The van der Waals surface area contributed by atoms with Gasteiger partial charge in [-0.05, 0) is 102 Å². The summed E-state index contributed by atoms with van der Waals surface area (Å²) in [5.41, 5.74) is 3.08. The minimum atomic E-state index is -0.670. The number of hydrogen-bond acceptors (Lipinski definition) is 8. The van der Waals surface area contributed by atoms with E-state index in [2.05, 4.69) is 54.5 Å². The largest absolute Gasteiger partial charge is 0.457 e. The smallest absolute Gasteiger partial charge is 0.347 e. The second-order valence-electron chi connectivity index (χ2n) is 13.0. The molecule has 0 spiro atoms. The van der Waals surface area contributed by atoms with Crippen LogP contribution in [0.3, 0.4) is 0 Å². The van der Waals surface area contributed by atoms with Crippen LogP contribution in [0.5, 0.6) is 23.0 Å². The Morgan fingerprint density at radius 1 is 0.556 bits per heavy atom. The zero-order valence-electron chi connectivity index (χ0n) is 25.0. The molecule has 0 aromatic heterocycles. The third kappa shape index (κ3) is 5.16. The predicted molar refractivity (Wildman–Crippen MR) is 163 cm³/mol. The van der Waals surface area contributed by atoms with Crippen LogP contribution in [0.4, 0.5) is 0 Å². The highest BCUT2D eigenvalue weighted by Crippen LogP contribution is 2.54. The van der Waals surface area contributed by atoms with E-state index >= 15 is 0 Å².